The van der Waals surface area contributed by atoms with Crippen LogP contribution in [-0.4, -0.2) is 4.37 Å². The summed E-state index contributed by atoms with van der Waals surface area (Å²) < 4.78 is 7.06. The molecule has 0 unspecified atom stereocenters. The molecule has 0 saturated carbocycles. The first kappa shape index (κ1) is 7.47. The maximum atomic E-state index is 4.37. The standard InChI is InChI=1S/C10H7NS2/c1-6-7-2-3-9-8(4-5-12-9)10(7)13-11-6/h2-5H,1H3. The predicted octanol–water partition coefficient (Wildman–Crippen LogP) is 3.82. The normalized spacial score (nSPS) is 11.5. The van der Waals surface area contributed by atoms with Crippen LogP contribution in [0.5, 0.6) is 0 Å². The van der Waals surface area contributed by atoms with Crippen molar-refractivity contribution in [2.24, 2.45) is 0 Å². The summed E-state index contributed by atoms with van der Waals surface area (Å²) in [7, 11) is 0. The fourth-order valence-electron chi connectivity index (χ4n) is 1.56. The minimum Gasteiger partial charge on any atom is -0.197 e. The molecule has 0 radical (unpaired) electrons. The van der Waals surface area contributed by atoms with E-state index in [1.165, 1.54) is 20.2 Å². The van der Waals surface area contributed by atoms with E-state index in [0.29, 0.717) is 0 Å². The van der Waals surface area contributed by atoms with E-state index in [4.69, 9.17) is 0 Å². The number of aromatic nitrogens is 1. The van der Waals surface area contributed by atoms with Gasteiger partial charge in [-0.3, -0.25) is 0 Å². The van der Waals surface area contributed by atoms with Crippen molar-refractivity contribution in [2.45, 2.75) is 6.92 Å². The quantitative estimate of drug-likeness (QED) is 0.543. The Labute approximate surface area is 83.8 Å². The fraction of sp³-hybridized carbons (Fsp3) is 0.100. The summed E-state index contributed by atoms with van der Waals surface area (Å²) in [6.07, 6.45) is 0. The third kappa shape index (κ3) is 0.943. The third-order valence-electron chi connectivity index (χ3n) is 2.25. The molecule has 2 heterocycles. The first-order valence-electron chi connectivity index (χ1n) is 4.08. The van der Waals surface area contributed by atoms with Gasteiger partial charge in [-0.2, -0.15) is 4.37 Å². The van der Waals surface area contributed by atoms with E-state index in [2.05, 4.69) is 34.9 Å². The summed E-state index contributed by atoms with van der Waals surface area (Å²) in [5.41, 5.74) is 1.15. The van der Waals surface area contributed by atoms with Crippen molar-refractivity contribution in [3.05, 3.63) is 29.3 Å². The Balaban J connectivity index is 2.66. The maximum Gasteiger partial charge on any atom is 0.0639 e. The SMILES string of the molecule is Cc1nsc2c1ccc1sccc12. The number of nitrogens with zero attached hydrogens (tertiary/aromatic N) is 1. The van der Waals surface area contributed by atoms with Crippen molar-refractivity contribution >= 4 is 43.0 Å². The van der Waals surface area contributed by atoms with Crippen LogP contribution in [0.15, 0.2) is 23.6 Å². The molecule has 0 aliphatic heterocycles. The highest BCUT2D eigenvalue weighted by Crippen LogP contribution is 2.32. The van der Waals surface area contributed by atoms with Gasteiger partial charge in [0.25, 0.3) is 0 Å². The third-order valence-corrected chi connectivity index (χ3v) is 4.12. The van der Waals surface area contributed by atoms with Crippen molar-refractivity contribution in [2.75, 3.05) is 0 Å². The summed E-state index contributed by atoms with van der Waals surface area (Å²) >= 11 is 3.40. The molecule has 0 fully saturated rings. The van der Waals surface area contributed by atoms with Crippen molar-refractivity contribution in [1.82, 2.24) is 4.37 Å². The number of fused-ring (bicyclic) bond motifs is 3. The van der Waals surface area contributed by atoms with Gasteiger partial charge >= 0.3 is 0 Å². The Morgan fingerprint density at radius 2 is 2.08 bits per heavy atom. The Hall–Kier alpha value is -0.930. The lowest BCUT2D eigenvalue weighted by Gasteiger charge is -1.91. The molecule has 0 N–H and O–H groups in total. The summed E-state index contributed by atoms with van der Waals surface area (Å²) in [4.78, 5) is 0. The van der Waals surface area contributed by atoms with Crippen molar-refractivity contribution in [3.63, 3.8) is 0 Å². The second-order valence-corrected chi connectivity index (χ2v) is 4.76. The number of rotatable bonds is 0. The van der Waals surface area contributed by atoms with Crippen molar-refractivity contribution in [3.8, 4) is 0 Å². The van der Waals surface area contributed by atoms with E-state index in [9.17, 15) is 0 Å². The topological polar surface area (TPSA) is 12.9 Å². The van der Waals surface area contributed by atoms with Crippen molar-refractivity contribution < 1.29 is 0 Å². The van der Waals surface area contributed by atoms with Crippen LogP contribution in [0.3, 0.4) is 0 Å². The molecule has 3 aromatic rings. The molecule has 3 heteroatoms. The molecule has 1 nitrogen and oxygen atoms in total. The monoisotopic (exact) mass is 205 g/mol. The summed E-state index contributed by atoms with van der Waals surface area (Å²) in [6, 6.07) is 6.54. The molecule has 0 aliphatic rings. The lowest BCUT2D eigenvalue weighted by molar-refractivity contribution is 1.38. The Morgan fingerprint density at radius 1 is 1.15 bits per heavy atom. The van der Waals surface area contributed by atoms with Crippen LogP contribution >= 0.6 is 22.9 Å². The molecule has 3 rings (SSSR count). The van der Waals surface area contributed by atoms with E-state index < -0.39 is 0 Å². The molecule has 0 bridgehead atoms. The summed E-state index contributed by atoms with van der Waals surface area (Å²) in [6.45, 7) is 2.07. The van der Waals surface area contributed by atoms with Gasteiger partial charge in [-0.25, -0.2) is 0 Å². The molecular formula is C10H7NS2. The number of hydrogen-bond donors (Lipinski definition) is 0. The van der Waals surface area contributed by atoms with Gasteiger partial charge in [0, 0.05) is 15.5 Å². The lowest BCUT2D eigenvalue weighted by Crippen LogP contribution is -1.69. The zero-order valence-electron chi connectivity index (χ0n) is 7.07. The molecule has 0 saturated heterocycles. The second kappa shape index (κ2) is 2.53. The molecule has 64 valence electrons. The van der Waals surface area contributed by atoms with Gasteiger partial charge in [0.1, 0.15) is 0 Å². The second-order valence-electron chi connectivity index (χ2n) is 3.04. The predicted molar refractivity (Wildman–Crippen MR) is 59.7 cm³/mol. The number of hydrogen-bond acceptors (Lipinski definition) is 3. The molecule has 13 heavy (non-hydrogen) atoms. The average Bonchev–Trinajstić information content (AvgIpc) is 2.70. The Kier molecular flexibility index (Phi) is 1.45. The maximum absolute atomic E-state index is 4.37. The van der Waals surface area contributed by atoms with Crippen LogP contribution in [0.1, 0.15) is 5.69 Å². The first-order valence-corrected chi connectivity index (χ1v) is 5.74. The van der Waals surface area contributed by atoms with Gasteiger partial charge < -0.3 is 0 Å². The van der Waals surface area contributed by atoms with Crippen LogP contribution in [0.4, 0.5) is 0 Å². The number of benzene rings is 1. The molecule has 2 aromatic heterocycles. The lowest BCUT2D eigenvalue weighted by atomic mass is 10.2. The van der Waals surface area contributed by atoms with Crippen molar-refractivity contribution in [1.29, 1.82) is 0 Å². The molecule has 0 spiro atoms. The van der Waals surface area contributed by atoms with Gasteiger partial charge in [-0.15, -0.1) is 11.3 Å². The van der Waals surface area contributed by atoms with Gasteiger partial charge in [-0.05, 0) is 36.0 Å². The Bertz CT molecular complexity index is 577. The van der Waals surface area contributed by atoms with E-state index in [0.717, 1.165) is 5.69 Å². The average molecular weight is 205 g/mol. The largest absolute Gasteiger partial charge is 0.197 e. The summed E-state index contributed by atoms with van der Waals surface area (Å²) in [5, 5.41) is 4.79. The zero-order chi connectivity index (χ0) is 8.84. The van der Waals surface area contributed by atoms with Gasteiger partial charge in [-0.1, -0.05) is 6.07 Å². The fourth-order valence-corrected chi connectivity index (χ4v) is 3.34. The minimum absolute atomic E-state index is 1.15. The van der Waals surface area contributed by atoms with Crippen LogP contribution in [0.25, 0.3) is 20.2 Å². The first-order chi connectivity index (χ1) is 6.36. The van der Waals surface area contributed by atoms with E-state index in [1.54, 1.807) is 22.9 Å². The Morgan fingerprint density at radius 3 is 3.00 bits per heavy atom. The number of thiophene rings is 1. The minimum atomic E-state index is 1.15. The highest BCUT2D eigenvalue weighted by Gasteiger charge is 2.05. The van der Waals surface area contributed by atoms with Crippen LogP contribution < -0.4 is 0 Å². The van der Waals surface area contributed by atoms with Gasteiger partial charge in [0.05, 0.1) is 10.4 Å². The van der Waals surface area contributed by atoms with Crippen LogP contribution in [0.2, 0.25) is 0 Å². The van der Waals surface area contributed by atoms with Crippen LogP contribution in [-0.2, 0) is 0 Å². The van der Waals surface area contributed by atoms with Crippen LogP contribution in [0, 0.1) is 6.92 Å². The molecule has 1 aromatic carbocycles. The zero-order valence-corrected chi connectivity index (χ0v) is 8.71. The molecule has 0 amide bonds. The number of aryl methyl sites for hydroxylation is 1. The highest BCUT2D eigenvalue weighted by molar-refractivity contribution is 7.19. The van der Waals surface area contributed by atoms with E-state index >= 15 is 0 Å². The van der Waals surface area contributed by atoms with E-state index in [-0.39, 0.29) is 0 Å². The molecule has 0 aliphatic carbocycles. The highest BCUT2D eigenvalue weighted by atomic mass is 32.1. The smallest absolute Gasteiger partial charge is 0.0639 e. The van der Waals surface area contributed by atoms with Gasteiger partial charge in [0.15, 0.2) is 0 Å². The van der Waals surface area contributed by atoms with E-state index in [1.807, 2.05) is 0 Å². The molecule has 0 atom stereocenters. The summed E-state index contributed by atoms with van der Waals surface area (Å²) in [5.74, 6) is 0. The van der Waals surface area contributed by atoms with Gasteiger partial charge in [0.2, 0.25) is 0 Å². The molecular weight excluding hydrogens is 198 g/mol.